The van der Waals surface area contributed by atoms with Gasteiger partial charge in [0.1, 0.15) is 5.75 Å². The number of nitrogens with one attached hydrogen (secondary N) is 2. The third kappa shape index (κ3) is 2.81. The minimum atomic E-state index is -0.519. The van der Waals surface area contributed by atoms with Crippen molar-refractivity contribution < 1.29 is 13.9 Å². The lowest BCUT2D eigenvalue weighted by Crippen LogP contribution is -2.07. The molecule has 0 bridgehead atoms. The van der Waals surface area contributed by atoms with Crippen molar-refractivity contribution in [2.24, 2.45) is 0 Å². The number of aromatic amines is 1. The van der Waals surface area contributed by atoms with Crippen LogP contribution in [0, 0.1) is 0 Å². The van der Waals surface area contributed by atoms with E-state index < -0.39 is 5.76 Å². The second-order valence-corrected chi connectivity index (χ2v) is 5.51. The van der Waals surface area contributed by atoms with Gasteiger partial charge in [0.15, 0.2) is 5.58 Å². The van der Waals surface area contributed by atoms with E-state index in [9.17, 15) is 9.59 Å². The van der Waals surface area contributed by atoms with Crippen molar-refractivity contribution >= 4 is 28.8 Å². The summed E-state index contributed by atoms with van der Waals surface area (Å²) in [5, 5.41) is 2.75. The maximum Gasteiger partial charge on any atom is 0.417 e. The molecule has 6 nitrogen and oxygen atoms in total. The number of fused-ring (bicyclic) bond motifs is 2. The summed E-state index contributed by atoms with van der Waals surface area (Å²) in [6, 6.07) is 10.8. The SMILES string of the molecule is O=C(/C=C/c1ccc2c(c1)CCO2)Nc1ccc2oc(=O)[nH]c2c1. The summed E-state index contributed by atoms with van der Waals surface area (Å²) in [6.07, 6.45) is 4.12. The van der Waals surface area contributed by atoms with Crippen LogP contribution in [0.1, 0.15) is 11.1 Å². The van der Waals surface area contributed by atoms with Crippen molar-refractivity contribution in [1.82, 2.24) is 4.98 Å². The van der Waals surface area contributed by atoms with Crippen molar-refractivity contribution in [1.29, 1.82) is 0 Å². The van der Waals surface area contributed by atoms with E-state index in [2.05, 4.69) is 10.3 Å². The number of H-pyrrole nitrogens is 1. The molecule has 0 spiro atoms. The van der Waals surface area contributed by atoms with Gasteiger partial charge in [-0.05, 0) is 47.5 Å². The first-order valence-electron chi connectivity index (χ1n) is 7.55. The Morgan fingerprint density at radius 1 is 1.21 bits per heavy atom. The van der Waals surface area contributed by atoms with Crippen LogP contribution in [0.5, 0.6) is 5.75 Å². The topological polar surface area (TPSA) is 84.3 Å². The molecule has 2 aromatic carbocycles. The molecule has 120 valence electrons. The Balaban J connectivity index is 1.48. The van der Waals surface area contributed by atoms with Gasteiger partial charge in [-0.1, -0.05) is 6.07 Å². The highest BCUT2D eigenvalue weighted by Crippen LogP contribution is 2.26. The Hall–Kier alpha value is -3.28. The molecule has 0 unspecified atom stereocenters. The molecule has 1 aliphatic rings. The van der Waals surface area contributed by atoms with E-state index in [1.54, 1.807) is 24.3 Å². The monoisotopic (exact) mass is 322 g/mol. The highest BCUT2D eigenvalue weighted by Gasteiger charge is 2.11. The van der Waals surface area contributed by atoms with Crippen LogP contribution in [-0.4, -0.2) is 17.5 Å². The number of ether oxygens (including phenoxy) is 1. The highest BCUT2D eigenvalue weighted by molar-refractivity contribution is 6.02. The Bertz CT molecular complexity index is 1010. The normalized spacial score (nSPS) is 13.2. The average molecular weight is 322 g/mol. The molecule has 0 aliphatic carbocycles. The van der Waals surface area contributed by atoms with Gasteiger partial charge >= 0.3 is 5.76 Å². The van der Waals surface area contributed by atoms with E-state index in [-0.39, 0.29) is 5.91 Å². The zero-order valence-electron chi connectivity index (χ0n) is 12.7. The van der Waals surface area contributed by atoms with Crippen LogP contribution in [0.15, 0.2) is 51.7 Å². The molecule has 1 amide bonds. The number of rotatable bonds is 3. The van der Waals surface area contributed by atoms with E-state index in [0.29, 0.717) is 23.4 Å². The Morgan fingerprint density at radius 2 is 2.12 bits per heavy atom. The molecule has 0 fully saturated rings. The van der Waals surface area contributed by atoms with Crippen molar-refractivity contribution in [2.75, 3.05) is 11.9 Å². The van der Waals surface area contributed by atoms with Gasteiger partial charge in [-0.25, -0.2) is 4.79 Å². The van der Waals surface area contributed by atoms with Gasteiger partial charge in [-0.3, -0.25) is 9.78 Å². The van der Waals surface area contributed by atoms with Gasteiger partial charge in [-0.15, -0.1) is 0 Å². The fourth-order valence-electron chi connectivity index (χ4n) is 2.70. The third-order valence-corrected chi connectivity index (χ3v) is 3.83. The van der Waals surface area contributed by atoms with Gasteiger partial charge < -0.3 is 14.5 Å². The van der Waals surface area contributed by atoms with Crippen molar-refractivity contribution in [3.8, 4) is 5.75 Å². The maximum atomic E-state index is 12.0. The van der Waals surface area contributed by atoms with Crippen LogP contribution in [0.25, 0.3) is 17.2 Å². The summed E-state index contributed by atoms with van der Waals surface area (Å²) >= 11 is 0. The molecule has 3 aromatic rings. The first-order valence-corrected chi connectivity index (χ1v) is 7.55. The van der Waals surface area contributed by atoms with Crippen LogP contribution < -0.4 is 15.8 Å². The molecule has 2 heterocycles. The van der Waals surface area contributed by atoms with E-state index in [0.717, 1.165) is 23.3 Å². The predicted molar refractivity (Wildman–Crippen MR) is 90.1 cm³/mol. The molecular formula is C18H14N2O4. The van der Waals surface area contributed by atoms with E-state index in [1.165, 1.54) is 6.08 Å². The Labute approximate surface area is 136 Å². The van der Waals surface area contributed by atoms with Crippen LogP contribution in [0.2, 0.25) is 0 Å². The quantitative estimate of drug-likeness (QED) is 0.726. The van der Waals surface area contributed by atoms with E-state index >= 15 is 0 Å². The average Bonchev–Trinajstić information content (AvgIpc) is 3.17. The number of hydrogen-bond acceptors (Lipinski definition) is 4. The van der Waals surface area contributed by atoms with E-state index in [4.69, 9.17) is 9.15 Å². The summed E-state index contributed by atoms with van der Waals surface area (Å²) in [7, 11) is 0. The number of hydrogen-bond donors (Lipinski definition) is 2. The van der Waals surface area contributed by atoms with Gasteiger partial charge in [0, 0.05) is 18.2 Å². The van der Waals surface area contributed by atoms with Crippen molar-refractivity contribution in [3.05, 3.63) is 64.2 Å². The van der Waals surface area contributed by atoms with Gasteiger partial charge in [0.2, 0.25) is 5.91 Å². The van der Waals surface area contributed by atoms with Crippen LogP contribution >= 0.6 is 0 Å². The lowest BCUT2D eigenvalue weighted by atomic mass is 10.1. The minimum absolute atomic E-state index is 0.253. The summed E-state index contributed by atoms with van der Waals surface area (Å²) < 4.78 is 10.4. The molecule has 24 heavy (non-hydrogen) atoms. The van der Waals surface area contributed by atoms with Gasteiger partial charge in [0.05, 0.1) is 12.1 Å². The molecule has 1 aliphatic heterocycles. The molecule has 0 saturated carbocycles. The fourth-order valence-corrected chi connectivity index (χ4v) is 2.70. The summed E-state index contributed by atoms with van der Waals surface area (Å²) in [5.41, 5.74) is 3.68. The molecule has 2 N–H and O–H groups in total. The largest absolute Gasteiger partial charge is 0.493 e. The highest BCUT2D eigenvalue weighted by atomic mass is 16.5. The zero-order chi connectivity index (χ0) is 16.5. The van der Waals surface area contributed by atoms with E-state index in [1.807, 2.05) is 18.2 Å². The molecule has 0 radical (unpaired) electrons. The summed E-state index contributed by atoms with van der Waals surface area (Å²) in [6.45, 7) is 0.710. The van der Waals surface area contributed by atoms with Gasteiger partial charge in [-0.2, -0.15) is 0 Å². The van der Waals surface area contributed by atoms with Crippen LogP contribution in [0.4, 0.5) is 5.69 Å². The first-order chi connectivity index (χ1) is 11.7. The first kappa shape index (κ1) is 14.3. The third-order valence-electron chi connectivity index (χ3n) is 3.83. The number of aromatic nitrogens is 1. The molecule has 4 rings (SSSR count). The maximum absolute atomic E-state index is 12.0. The predicted octanol–water partition coefficient (Wildman–Crippen LogP) is 2.71. The number of amides is 1. The van der Waals surface area contributed by atoms with Crippen LogP contribution in [0.3, 0.4) is 0 Å². The Kier molecular flexibility index (Phi) is 3.42. The number of carbonyl (C=O) groups is 1. The summed E-state index contributed by atoms with van der Waals surface area (Å²) in [4.78, 5) is 25.7. The number of anilines is 1. The number of benzene rings is 2. The standard InChI is InChI=1S/C18H14N2O4/c21-17(6-2-11-1-4-15-12(9-11)7-8-23-15)19-13-3-5-16-14(10-13)20-18(22)24-16/h1-6,9-10H,7-8H2,(H,19,21)(H,20,22)/b6-2+. The second-order valence-electron chi connectivity index (χ2n) is 5.51. The molecular weight excluding hydrogens is 308 g/mol. The number of oxazole rings is 1. The smallest absolute Gasteiger partial charge is 0.417 e. The van der Waals surface area contributed by atoms with Gasteiger partial charge in [0.25, 0.3) is 0 Å². The molecule has 1 aromatic heterocycles. The fraction of sp³-hybridized carbons (Fsp3) is 0.111. The lowest BCUT2D eigenvalue weighted by molar-refractivity contribution is -0.111. The lowest BCUT2D eigenvalue weighted by Gasteiger charge is -2.02. The zero-order valence-corrected chi connectivity index (χ0v) is 12.7. The number of carbonyl (C=O) groups excluding carboxylic acids is 1. The minimum Gasteiger partial charge on any atom is -0.493 e. The second kappa shape index (κ2) is 5.73. The molecule has 0 saturated heterocycles. The Morgan fingerprint density at radius 3 is 3.04 bits per heavy atom. The van der Waals surface area contributed by atoms with Crippen molar-refractivity contribution in [3.63, 3.8) is 0 Å². The summed E-state index contributed by atoms with van der Waals surface area (Å²) in [5.74, 6) is 0.143. The molecule has 0 atom stereocenters. The van der Waals surface area contributed by atoms with Crippen molar-refractivity contribution in [2.45, 2.75) is 6.42 Å². The molecule has 6 heteroatoms. The van der Waals surface area contributed by atoms with Crippen LogP contribution in [-0.2, 0) is 11.2 Å².